The molecule has 1 heterocycles. The van der Waals surface area contributed by atoms with Crippen LogP contribution in [0.15, 0.2) is 54.6 Å². The molecule has 3 aromatic carbocycles. The quantitative estimate of drug-likeness (QED) is 0.526. The Bertz CT molecular complexity index is 943. The molecule has 4 aromatic rings. The van der Waals surface area contributed by atoms with Crippen LogP contribution in [0.4, 0.5) is 0 Å². The summed E-state index contributed by atoms with van der Waals surface area (Å²) < 4.78 is 2.15. The lowest BCUT2D eigenvalue weighted by Crippen LogP contribution is -2.29. The molecule has 2 nitrogen and oxygen atoms in total. The lowest BCUT2D eigenvalue weighted by Gasteiger charge is -2.00. The van der Waals surface area contributed by atoms with Gasteiger partial charge in [-0.15, -0.1) is 11.3 Å². The summed E-state index contributed by atoms with van der Waals surface area (Å²) in [5.74, 6) is 0. The van der Waals surface area contributed by atoms with Gasteiger partial charge < -0.3 is 10.0 Å². The predicted octanol–water partition coefficient (Wildman–Crippen LogP) is 2.89. The summed E-state index contributed by atoms with van der Waals surface area (Å²) in [6.07, 6.45) is 0. The molecule has 96 valence electrons. The van der Waals surface area contributed by atoms with Crippen molar-refractivity contribution in [2.24, 2.45) is 0 Å². The minimum absolute atomic E-state index is 0.577. The zero-order valence-corrected chi connectivity index (χ0v) is 11.4. The van der Waals surface area contributed by atoms with E-state index in [4.69, 9.17) is 0 Å². The number of benzene rings is 3. The highest BCUT2D eigenvalue weighted by molar-refractivity contribution is 7.27. The summed E-state index contributed by atoms with van der Waals surface area (Å²) in [7, 11) is -1.43. The van der Waals surface area contributed by atoms with Crippen LogP contribution in [0.5, 0.6) is 0 Å². The van der Waals surface area contributed by atoms with Gasteiger partial charge in [0, 0.05) is 14.8 Å². The summed E-state index contributed by atoms with van der Waals surface area (Å²) in [5.41, 5.74) is 0.577. The van der Waals surface area contributed by atoms with Crippen molar-refractivity contribution >= 4 is 54.9 Å². The molecule has 2 N–H and O–H groups in total. The summed E-state index contributed by atoms with van der Waals surface area (Å²) >= 11 is 1.63. The summed E-state index contributed by atoms with van der Waals surface area (Å²) in [6, 6.07) is 18.2. The van der Waals surface area contributed by atoms with Gasteiger partial charge in [-0.25, -0.2) is 0 Å². The Morgan fingerprint density at radius 3 is 2.30 bits per heavy atom. The topological polar surface area (TPSA) is 40.5 Å². The zero-order valence-electron chi connectivity index (χ0n) is 10.6. The monoisotopic (exact) mass is 278 g/mol. The van der Waals surface area contributed by atoms with Gasteiger partial charge in [0.15, 0.2) is 0 Å². The van der Waals surface area contributed by atoms with Crippen LogP contribution in [0.3, 0.4) is 0 Å². The van der Waals surface area contributed by atoms with Gasteiger partial charge in [-0.3, -0.25) is 0 Å². The third kappa shape index (κ3) is 1.59. The van der Waals surface area contributed by atoms with Crippen LogP contribution in [-0.2, 0) is 0 Å². The first-order chi connectivity index (χ1) is 9.75. The van der Waals surface area contributed by atoms with Crippen molar-refractivity contribution < 1.29 is 10.0 Å². The molecule has 0 amide bonds. The van der Waals surface area contributed by atoms with Crippen LogP contribution in [0.25, 0.3) is 30.9 Å². The molecule has 0 aliphatic heterocycles. The highest BCUT2D eigenvalue weighted by Gasteiger charge is 2.18. The van der Waals surface area contributed by atoms with Gasteiger partial charge in [0.05, 0.1) is 0 Å². The van der Waals surface area contributed by atoms with E-state index < -0.39 is 7.12 Å². The second-order valence-corrected chi connectivity index (χ2v) is 5.88. The van der Waals surface area contributed by atoms with E-state index in [-0.39, 0.29) is 0 Å². The Morgan fingerprint density at radius 2 is 1.45 bits per heavy atom. The van der Waals surface area contributed by atoms with Crippen molar-refractivity contribution in [2.45, 2.75) is 0 Å². The third-order valence-electron chi connectivity index (χ3n) is 3.70. The first-order valence-electron chi connectivity index (χ1n) is 6.45. The summed E-state index contributed by atoms with van der Waals surface area (Å²) in [5, 5.41) is 23.7. The molecule has 0 unspecified atom stereocenters. The van der Waals surface area contributed by atoms with E-state index >= 15 is 0 Å². The molecule has 0 fully saturated rings. The number of hydrogen-bond acceptors (Lipinski definition) is 3. The van der Waals surface area contributed by atoms with Crippen LogP contribution in [-0.4, -0.2) is 17.2 Å². The van der Waals surface area contributed by atoms with Gasteiger partial charge >= 0.3 is 7.12 Å². The van der Waals surface area contributed by atoms with Gasteiger partial charge in [0.2, 0.25) is 0 Å². The SMILES string of the molecule is OB(O)c1cccc2c1sc1c3ccccc3ccc21. The second kappa shape index (κ2) is 4.31. The Balaban J connectivity index is 2.24. The summed E-state index contributed by atoms with van der Waals surface area (Å²) in [6.45, 7) is 0. The molecule has 4 heteroatoms. The molecular formula is C16H11BO2S. The van der Waals surface area contributed by atoms with E-state index in [2.05, 4.69) is 24.3 Å². The Kier molecular flexibility index (Phi) is 2.57. The maximum atomic E-state index is 9.52. The van der Waals surface area contributed by atoms with Gasteiger partial charge in [-0.2, -0.15) is 0 Å². The smallest absolute Gasteiger partial charge is 0.423 e. The zero-order chi connectivity index (χ0) is 13.7. The van der Waals surface area contributed by atoms with Crippen LogP contribution < -0.4 is 5.46 Å². The average molecular weight is 278 g/mol. The molecule has 0 aliphatic rings. The average Bonchev–Trinajstić information content (AvgIpc) is 2.86. The number of fused-ring (bicyclic) bond motifs is 5. The van der Waals surface area contributed by atoms with E-state index in [1.165, 1.54) is 20.9 Å². The standard InChI is InChI=1S/C16H11BO2S/c18-17(19)14-7-3-6-12-13-9-8-10-4-1-2-5-11(10)15(13)20-16(12)14/h1-9,18-19H. The molecule has 20 heavy (non-hydrogen) atoms. The Morgan fingerprint density at radius 1 is 0.700 bits per heavy atom. The lowest BCUT2D eigenvalue weighted by atomic mass is 9.80. The maximum Gasteiger partial charge on any atom is 0.489 e. The fraction of sp³-hybridized carbons (Fsp3) is 0. The third-order valence-corrected chi connectivity index (χ3v) is 5.00. The molecule has 0 atom stereocenters. The van der Waals surface area contributed by atoms with Gasteiger partial charge in [0.25, 0.3) is 0 Å². The van der Waals surface area contributed by atoms with Crippen molar-refractivity contribution in [3.63, 3.8) is 0 Å². The molecule has 0 radical (unpaired) electrons. The fourth-order valence-electron chi connectivity index (χ4n) is 2.75. The largest absolute Gasteiger partial charge is 0.489 e. The first kappa shape index (κ1) is 11.9. The lowest BCUT2D eigenvalue weighted by molar-refractivity contribution is 0.426. The van der Waals surface area contributed by atoms with Crippen molar-refractivity contribution in [3.8, 4) is 0 Å². The highest BCUT2D eigenvalue weighted by Crippen LogP contribution is 2.37. The fourth-order valence-corrected chi connectivity index (χ4v) is 4.12. The van der Waals surface area contributed by atoms with E-state index in [1.54, 1.807) is 17.4 Å². The Hall–Kier alpha value is -1.88. The van der Waals surface area contributed by atoms with Crippen LogP contribution in [0, 0.1) is 0 Å². The van der Waals surface area contributed by atoms with Crippen molar-refractivity contribution in [1.82, 2.24) is 0 Å². The first-order valence-corrected chi connectivity index (χ1v) is 7.26. The maximum absolute atomic E-state index is 9.52. The van der Waals surface area contributed by atoms with E-state index in [9.17, 15) is 10.0 Å². The van der Waals surface area contributed by atoms with E-state index in [1.807, 2.05) is 24.3 Å². The highest BCUT2D eigenvalue weighted by atomic mass is 32.1. The molecule has 0 aliphatic carbocycles. The van der Waals surface area contributed by atoms with Crippen molar-refractivity contribution in [3.05, 3.63) is 54.6 Å². The normalized spacial score (nSPS) is 11.5. The number of rotatable bonds is 1. The molecule has 0 saturated heterocycles. The van der Waals surface area contributed by atoms with E-state index in [0.717, 1.165) is 10.1 Å². The second-order valence-electron chi connectivity index (χ2n) is 4.86. The number of thiophene rings is 1. The van der Waals surface area contributed by atoms with Crippen molar-refractivity contribution in [2.75, 3.05) is 0 Å². The van der Waals surface area contributed by atoms with Crippen LogP contribution in [0.1, 0.15) is 0 Å². The minimum atomic E-state index is -1.43. The molecular weight excluding hydrogens is 267 g/mol. The molecule has 4 rings (SSSR count). The van der Waals surface area contributed by atoms with E-state index in [0.29, 0.717) is 5.46 Å². The number of hydrogen-bond donors (Lipinski definition) is 2. The van der Waals surface area contributed by atoms with Crippen LogP contribution in [0.2, 0.25) is 0 Å². The van der Waals surface area contributed by atoms with Gasteiger partial charge in [-0.05, 0) is 21.6 Å². The van der Waals surface area contributed by atoms with Crippen molar-refractivity contribution in [1.29, 1.82) is 0 Å². The molecule has 0 spiro atoms. The molecule has 0 bridgehead atoms. The van der Waals surface area contributed by atoms with Crippen LogP contribution >= 0.6 is 11.3 Å². The molecule has 1 aromatic heterocycles. The predicted molar refractivity (Wildman–Crippen MR) is 86.7 cm³/mol. The van der Waals surface area contributed by atoms with Gasteiger partial charge in [-0.1, -0.05) is 54.6 Å². The molecule has 0 saturated carbocycles. The minimum Gasteiger partial charge on any atom is -0.423 e. The Labute approximate surface area is 120 Å². The summed E-state index contributed by atoms with van der Waals surface area (Å²) in [4.78, 5) is 0. The van der Waals surface area contributed by atoms with Gasteiger partial charge in [0.1, 0.15) is 0 Å².